The molecule has 1 aliphatic carbocycles. The Bertz CT molecular complexity index is 495. The predicted molar refractivity (Wildman–Crippen MR) is 81.2 cm³/mol. The lowest BCUT2D eigenvalue weighted by Gasteiger charge is -2.20. The summed E-state index contributed by atoms with van der Waals surface area (Å²) in [6.45, 7) is 8.64. The molecule has 2 heterocycles. The van der Waals surface area contributed by atoms with E-state index < -0.39 is 0 Å². The lowest BCUT2D eigenvalue weighted by atomic mass is 10.1. The summed E-state index contributed by atoms with van der Waals surface area (Å²) in [5.74, 6) is 1.18. The van der Waals surface area contributed by atoms with Crippen molar-refractivity contribution in [1.82, 2.24) is 15.2 Å². The van der Waals surface area contributed by atoms with Gasteiger partial charge in [0.2, 0.25) is 0 Å². The molecule has 110 valence electrons. The molecule has 20 heavy (non-hydrogen) atoms. The van der Waals surface area contributed by atoms with Crippen LogP contribution in [-0.2, 0) is 0 Å². The van der Waals surface area contributed by atoms with Gasteiger partial charge in [-0.1, -0.05) is 6.92 Å². The van der Waals surface area contributed by atoms with Crippen molar-refractivity contribution >= 4 is 17.2 Å². The van der Waals surface area contributed by atoms with E-state index in [1.807, 2.05) is 6.20 Å². The van der Waals surface area contributed by atoms with Gasteiger partial charge in [0.1, 0.15) is 0 Å². The molecule has 1 saturated carbocycles. The van der Waals surface area contributed by atoms with E-state index in [4.69, 9.17) is 0 Å². The van der Waals surface area contributed by atoms with Crippen LogP contribution in [0.4, 0.5) is 0 Å². The number of aromatic nitrogens is 1. The summed E-state index contributed by atoms with van der Waals surface area (Å²) in [5.41, 5.74) is 0. The van der Waals surface area contributed by atoms with Gasteiger partial charge < -0.3 is 5.32 Å². The van der Waals surface area contributed by atoms with Gasteiger partial charge in [0.25, 0.3) is 5.91 Å². The minimum absolute atomic E-state index is 0.00403. The molecular weight excluding hydrogens is 270 g/mol. The van der Waals surface area contributed by atoms with E-state index in [2.05, 4.69) is 36.0 Å². The number of likely N-dealkylation sites (tertiary alicyclic amines) is 1. The van der Waals surface area contributed by atoms with E-state index in [0.717, 1.165) is 13.1 Å². The maximum atomic E-state index is 12.3. The van der Waals surface area contributed by atoms with E-state index in [9.17, 15) is 4.79 Å². The number of hydrogen-bond donors (Lipinski definition) is 1. The smallest absolute Gasteiger partial charge is 0.280 e. The van der Waals surface area contributed by atoms with Crippen LogP contribution < -0.4 is 5.32 Å². The maximum Gasteiger partial charge on any atom is 0.280 e. The second-order valence-corrected chi connectivity index (χ2v) is 7.51. The van der Waals surface area contributed by atoms with Gasteiger partial charge in [-0.15, -0.1) is 11.3 Å². The first-order valence-electron chi connectivity index (χ1n) is 7.55. The molecule has 0 unspecified atom stereocenters. The fraction of sp³-hybridized carbons (Fsp3) is 0.733. The van der Waals surface area contributed by atoms with Crippen molar-refractivity contribution in [1.29, 1.82) is 0 Å². The highest BCUT2D eigenvalue weighted by Gasteiger charge is 2.33. The Hall–Kier alpha value is -0.940. The molecule has 0 aromatic carbocycles. The first-order valence-corrected chi connectivity index (χ1v) is 8.37. The minimum atomic E-state index is 0.00403. The van der Waals surface area contributed by atoms with Crippen molar-refractivity contribution in [3.63, 3.8) is 0 Å². The van der Waals surface area contributed by atoms with Gasteiger partial charge in [-0.3, -0.25) is 9.69 Å². The molecule has 1 aromatic rings. The molecule has 0 spiro atoms. The average Bonchev–Trinajstić information content (AvgIpc) is 3.01. The van der Waals surface area contributed by atoms with Crippen LogP contribution in [0.15, 0.2) is 6.20 Å². The number of rotatable bonds is 4. The SMILES string of the molecule is CC(C)N1C[C@H](NC(=O)c2ncc(C3CC3)s2)[C@@H](C)C1. The van der Waals surface area contributed by atoms with Crippen molar-refractivity contribution in [2.45, 2.75) is 51.6 Å². The first kappa shape index (κ1) is 14.0. The Labute approximate surface area is 124 Å². The second kappa shape index (κ2) is 5.45. The predicted octanol–water partition coefficient (Wildman–Crippen LogP) is 2.48. The summed E-state index contributed by atoms with van der Waals surface area (Å²) in [6.07, 6.45) is 4.40. The maximum absolute atomic E-state index is 12.3. The molecule has 0 bridgehead atoms. The second-order valence-electron chi connectivity index (χ2n) is 6.45. The van der Waals surface area contributed by atoms with Crippen molar-refractivity contribution in [3.8, 4) is 0 Å². The van der Waals surface area contributed by atoms with Gasteiger partial charge in [-0.2, -0.15) is 0 Å². The molecule has 4 nitrogen and oxygen atoms in total. The van der Waals surface area contributed by atoms with Crippen molar-refractivity contribution in [3.05, 3.63) is 16.1 Å². The number of carbonyl (C=O) groups excluding carboxylic acids is 1. The molecule has 1 saturated heterocycles. The van der Waals surface area contributed by atoms with E-state index in [0.29, 0.717) is 22.9 Å². The van der Waals surface area contributed by atoms with Crippen LogP contribution in [0.2, 0.25) is 0 Å². The number of thiazole rings is 1. The Morgan fingerprint density at radius 1 is 1.45 bits per heavy atom. The zero-order valence-electron chi connectivity index (χ0n) is 12.4. The summed E-state index contributed by atoms with van der Waals surface area (Å²) in [7, 11) is 0. The summed E-state index contributed by atoms with van der Waals surface area (Å²) in [6, 6.07) is 0.791. The largest absolute Gasteiger partial charge is 0.346 e. The third-order valence-corrected chi connectivity index (χ3v) is 5.54. The quantitative estimate of drug-likeness (QED) is 0.927. The summed E-state index contributed by atoms with van der Waals surface area (Å²) >= 11 is 1.57. The molecule has 1 aliphatic heterocycles. The van der Waals surface area contributed by atoms with Gasteiger partial charge in [-0.05, 0) is 38.5 Å². The molecular formula is C15H23N3OS. The Morgan fingerprint density at radius 2 is 2.20 bits per heavy atom. The van der Waals surface area contributed by atoms with Crippen molar-refractivity contribution in [2.75, 3.05) is 13.1 Å². The summed E-state index contributed by atoms with van der Waals surface area (Å²) < 4.78 is 0. The topological polar surface area (TPSA) is 45.2 Å². The molecule has 3 rings (SSSR count). The zero-order chi connectivity index (χ0) is 14.3. The van der Waals surface area contributed by atoms with Crippen LogP contribution in [0.3, 0.4) is 0 Å². The van der Waals surface area contributed by atoms with Crippen LogP contribution in [-0.4, -0.2) is 41.0 Å². The lowest BCUT2D eigenvalue weighted by Crippen LogP contribution is -2.40. The van der Waals surface area contributed by atoms with Gasteiger partial charge in [0.15, 0.2) is 5.01 Å². The Balaban J connectivity index is 1.60. The number of carbonyl (C=O) groups is 1. The number of amides is 1. The van der Waals surface area contributed by atoms with Gasteiger partial charge in [0, 0.05) is 36.2 Å². The van der Waals surface area contributed by atoms with E-state index in [1.165, 1.54) is 17.7 Å². The number of nitrogens with zero attached hydrogens (tertiary/aromatic N) is 2. The van der Waals surface area contributed by atoms with Crippen LogP contribution in [0.5, 0.6) is 0 Å². The van der Waals surface area contributed by atoms with Crippen LogP contribution in [0.1, 0.15) is 54.2 Å². The van der Waals surface area contributed by atoms with Gasteiger partial charge >= 0.3 is 0 Å². The Morgan fingerprint density at radius 3 is 2.80 bits per heavy atom. The molecule has 0 radical (unpaired) electrons. The highest BCUT2D eigenvalue weighted by atomic mass is 32.1. The molecule has 1 N–H and O–H groups in total. The fourth-order valence-corrected chi connectivity index (χ4v) is 3.78. The summed E-state index contributed by atoms with van der Waals surface area (Å²) in [5, 5.41) is 3.80. The fourth-order valence-electron chi connectivity index (χ4n) is 2.79. The molecule has 2 aliphatic rings. The van der Waals surface area contributed by atoms with Crippen molar-refractivity contribution in [2.24, 2.45) is 5.92 Å². The van der Waals surface area contributed by atoms with E-state index in [-0.39, 0.29) is 11.9 Å². The molecule has 2 fully saturated rings. The van der Waals surface area contributed by atoms with E-state index in [1.54, 1.807) is 11.3 Å². The summed E-state index contributed by atoms with van der Waals surface area (Å²) in [4.78, 5) is 20.3. The molecule has 2 atom stereocenters. The molecule has 1 amide bonds. The molecule has 1 aromatic heterocycles. The third kappa shape index (κ3) is 2.88. The number of nitrogens with one attached hydrogen (secondary N) is 1. The van der Waals surface area contributed by atoms with E-state index >= 15 is 0 Å². The van der Waals surface area contributed by atoms with Crippen LogP contribution in [0, 0.1) is 5.92 Å². The third-order valence-electron chi connectivity index (χ3n) is 4.38. The standard InChI is InChI=1S/C15H23N3OS/c1-9(2)18-7-10(3)12(8-18)17-14(19)15-16-6-13(20-15)11-4-5-11/h6,9-12H,4-5,7-8H2,1-3H3,(H,17,19)/t10-,12-/m0/s1. The first-order chi connectivity index (χ1) is 9.54. The van der Waals surface area contributed by atoms with Crippen molar-refractivity contribution < 1.29 is 4.79 Å². The normalized spacial score (nSPS) is 27.2. The average molecular weight is 293 g/mol. The highest BCUT2D eigenvalue weighted by Crippen LogP contribution is 2.42. The van der Waals surface area contributed by atoms with Gasteiger partial charge in [-0.25, -0.2) is 4.98 Å². The number of hydrogen-bond acceptors (Lipinski definition) is 4. The lowest BCUT2D eigenvalue weighted by molar-refractivity contribution is 0.0930. The van der Waals surface area contributed by atoms with Crippen LogP contribution in [0.25, 0.3) is 0 Å². The minimum Gasteiger partial charge on any atom is -0.346 e. The molecule has 5 heteroatoms. The van der Waals surface area contributed by atoms with Crippen LogP contribution >= 0.6 is 11.3 Å². The zero-order valence-corrected chi connectivity index (χ0v) is 13.2. The highest BCUT2D eigenvalue weighted by molar-refractivity contribution is 7.13. The monoisotopic (exact) mass is 293 g/mol. The van der Waals surface area contributed by atoms with Gasteiger partial charge in [0.05, 0.1) is 0 Å². The Kier molecular flexibility index (Phi) is 3.82.